The number of carbonyl (C=O) groups is 4. The van der Waals surface area contributed by atoms with Crippen molar-refractivity contribution in [1.82, 2.24) is 35.1 Å². The molecule has 0 radical (unpaired) electrons. The number of imidazole rings is 1. The maximum absolute atomic E-state index is 14.0. The van der Waals surface area contributed by atoms with E-state index in [1.54, 1.807) is 67.6 Å². The lowest BCUT2D eigenvalue weighted by atomic mass is 9.91. The molecular formula is C48H50N8O7. The summed E-state index contributed by atoms with van der Waals surface area (Å²) in [5.74, 6) is -2.55. The maximum atomic E-state index is 14.0. The molecular weight excluding hydrogens is 801 g/mol. The van der Waals surface area contributed by atoms with E-state index in [9.17, 15) is 19.2 Å². The first-order valence-corrected chi connectivity index (χ1v) is 21.4. The molecule has 2 fully saturated rings. The Morgan fingerprint density at radius 1 is 0.730 bits per heavy atom. The molecule has 324 valence electrons. The number of nitrogens with one attached hydrogen (secondary N) is 3. The normalized spacial score (nSPS) is 18.8. The number of nitrogens with zero attached hydrogens (tertiary/aromatic N) is 5. The number of hydrogen-bond donors (Lipinski definition) is 3. The Morgan fingerprint density at radius 3 is 1.89 bits per heavy atom. The summed E-state index contributed by atoms with van der Waals surface area (Å²) in [4.78, 5) is 71.8. The largest absolute Gasteiger partial charge is 0.451 e. The number of fused-ring (bicyclic) bond motifs is 1. The SMILES string of the molecule is CCNC(=O)[C@H]1O[C@@H](n2cnc3c(NCC(c4ccccc4)c4ccccc4)nc(C(=O)NCCN4CCCCC4)nc32)[C@H](OC(=O)c2ccccc2)[C@H]1OC(=O)c1ccccc1. The summed E-state index contributed by atoms with van der Waals surface area (Å²) in [5.41, 5.74) is 3.02. The van der Waals surface area contributed by atoms with Gasteiger partial charge in [-0.2, -0.15) is 0 Å². The van der Waals surface area contributed by atoms with Gasteiger partial charge in [-0.3, -0.25) is 14.2 Å². The fourth-order valence-corrected chi connectivity index (χ4v) is 8.05. The number of aromatic nitrogens is 4. The average molecular weight is 851 g/mol. The van der Waals surface area contributed by atoms with Gasteiger partial charge in [-0.25, -0.2) is 24.5 Å². The van der Waals surface area contributed by atoms with Crippen LogP contribution >= 0.6 is 0 Å². The smallest absolute Gasteiger partial charge is 0.338 e. The van der Waals surface area contributed by atoms with Gasteiger partial charge in [0.25, 0.3) is 11.8 Å². The van der Waals surface area contributed by atoms with Gasteiger partial charge in [-0.05, 0) is 68.2 Å². The van der Waals surface area contributed by atoms with Crippen LogP contribution in [0.25, 0.3) is 11.2 Å². The van der Waals surface area contributed by atoms with E-state index in [-0.39, 0.29) is 46.4 Å². The van der Waals surface area contributed by atoms with E-state index in [1.807, 2.05) is 36.4 Å². The van der Waals surface area contributed by atoms with Gasteiger partial charge < -0.3 is 35.1 Å². The molecule has 2 aromatic heterocycles. The minimum absolute atomic E-state index is 0.112. The summed E-state index contributed by atoms with van der Waals surface area (Å²) in [6, 6.07) is 36.7. The van der Waals surface area contributed by atoms with Crippen LogP contribution in [-0.2, 0) is 19.0 Å². The Labute approximate surface area is 365 Å². The minimum atomic E-state index is -1.43. The van der Waals surface area contributed by atoms with Crippen molar-refractivity contribution in [2.75, 3.05) is 44.6 Å². The van der Waals surface area contributed by atoms with Gasteiger partial charge in [-0.15, -0.1) is 0 Å². The Morgan fingerprint density at radius 2 is 1.30 bits per heavy atom. The van der Waals surface area contributed by atoms with E-state index < -0.39 is 48.3 Å². The second-order valence-electron chi connectivity index (χ2n) is 15.4. The Hall–Kier alpha value is -6.97. The molecule has 2 aliphatic rings. The minimum Gasteiger partial charge on any atom is -0.451 e. The second kappa shape index (κ2) is 20.3. The van der Waals surface area contributed by atoms with E-state index in [2.05, 4.69) is 45.1 Å². The van der Waals surface area contributed by atoms with Crippen molar-refractivity contribution in [2.45, 2.75) is 56.6 Å². The highest BCUT2D eigenvalue weighted by molar-refractivity contribution is 5.95. The van der Waals surface area contributed by atoms with Crippen LogP contribution < -0.4 is 16.0 Å². The first-order valence-electron chi connectivity index (χ1n) is 21.4. The zero-order chi connectivity index (χ0) is 43.5. The molecule has 3 N–H and O–H groups in total. The van der Waals surface area contributed by atoms with Crippen LogP contribution in [0, 0.1) is 0 Å². The Bertz CT molecular complexity index is 2440. The number of piperidine rings is 1. The number of ether oxygens (including phenoxy) is 3. The number of rotatable bonds is 16. The number of likely N-dealkylation sites (tertiary alicyclic amines) is 1. The number of benzene rings is 4. The molecule has 2 saturated heterocycles. The van der Waals surface area contributed by atoms with Crippen molar-refractivity contribution in [1.29, 1.82) is 0 Å². The van der Waals surface area contributed by atoms with Crippen LogP contribution in [-0.4, -0.2) is 106 Å². The third kappa shape index (κ3) is 10.1. The van der Waals surface area contributed by atoms with Gasteiger partial charge in [0.05, 0.1) is 17.5 Å². The highest BCUT2D eigenvalue weighted by Gasteiger charge is 2.54. The zero-order valence-corrected chi connectivity index (χ0v) is 35.0. The molecule has 0 bridgehead atoms. The molecule has 2 aliphatic heterocycles. The van der Waals surface area contributed by atoms with Crippen molar-refractivity contribution in [3.05, 3.63) is 156 Å². The van der Waals surface area contributed by atoms with Crippen LogP contribution in [0.4, 0.5) is 5.82 Å². The Balaban J connectivity index is 1.19. The lowest BCUT2D eigenvalue weighted by molar-refractivity contribution is -0.137. The van der Waals surface area contributed by atoms with Gasteiger partial charge in [0, 0.05) is 32.1 Å². The Kier molecular flexibility index (Phi) is 13.7. The molecule has 8 rings (SSSR count). The molecule has 15 heteroatoms. The van der Waals surface area contributed by atoms with Crippen LogP contribution in [0.2, 0.25) is 0 Å². The van der Waals surface area contributed by atoms with Gasteiger partial charge in [-0.1, -0.05) is 103 Å². The highest BCUT2D eigenvalue weighted by atomic mass is 16.6. The van der Waals surface area contributed by atoms with Crippen molar-refractivity contribution >= 4 is 40.7 Å². The van der Waals surface area contributed by atoms with E-state index in [0.29, 0.717) is 19.6 Å². The van der Waals surface area contributed by atoms with Crippen molar-refractivity contribution in [3.8, 4) is 0 Å². The summed E-state index contributed by atoms with van der Waals surface area (Å²) in [6.07, 6.45) is -0.689. The van der Waals surface area contributed by atoms with E-state index >= 15 is 0 Å². The van der Waals surface area contributed by atoms with Gasteiger partial charge in [0.2, 0.25) is 5.82 Å². The fourth-order valence-electron chi connectivity index (χ4n) is 8.05. The average Bonchev–Trinajstić information content (AvgIpc) is 3.91. The molecule has 63 heavy (non-hydrogen) atoms. The van der Waals surface area contributed by atoms with Crippen LogP contribution in [0.3, 0.4) is 0 Å². The number of carbonyl (C=O) groups excluding carboxylic acids is 4. The molecule has 0 aliphatic carbocycles. The molecule has 4 aromatic carbocycles. The molecule has 6 aromatic rings. The molecule has 0 unspecified atom stereocenters. The predicted molar refractivity (Wildman–Crippen MR) is 235 cm³/mol. The van der Waals surface area contributed by atoms with Crippen molar-refractivity contribution in [2.24, 2.45) is 0 Å². The van der Waals surface area contributed by atoms with E-state index in [4.69, 9.17) is 29.2 Å². The highest BCUT2D eigenvalue weighted by Crippen LogP contribution is 2.38. The molecule has 4 atom stereocenters. The quantitative estimate of drug-likeness (QED) is 0.100. The summed E-state index contributed by atoms with van der Waals surface area (Å²) < 4.78 is 20.2. The van der Waals surface area contributed by atoms with Gasteiger partial charge in [0.1, 0.15) is 0 Å². The number of esters is 2. The predicted octanol–water partition coefficient (Wildman–Crippen LogP) is 5.77. The van der Waals surface area contributed by atoms with Crippen LogP contribution in [0.1, 0.15) is 80.8 Å². The third-order valence-electron chi connectivity index (χ3n) is 11.2. The lowest BCUT2D eigenvalue weighted by Gasteiger charge is -2.26. The first kappa shape index (κ1) is 42.7. The van der Waals surface area contributed by atoms with Gasteiger partial charge >= 0.3 is 11.9 Å². The standard InChI is InChI=1S/C48H50N8O7/c1-2-49-44(57)39-38(62-47(59)34-22-12-5-13-23-34)40(63-48(60)35-24-14-6-15-25-35)46(61-39)56-31-52-37-41(51-30-36(32-18-8-3-9-19-32)33-20-10-4-11-21-33)53-42(54-43(37)56)45(58)50-26-29-55-27-16-7-17-28-55/h3-6,8-15,18-25,31,36,38-40,46H,2,7,16-17,26-30H2,1H3,(H,49,57)(H,50,58)(H,51,53,54)/t38-,39-,40+,46+/m0/s1. The zero-order valence-electron chi connectivity index (χ0n) is 35.0. The second-order valence-corrected chi connectivity index (χ2v) is 15.4. The first-order chi connectivity index (χ1) is 30.9. The maximum Gasteiger partial charge on any atom is 0.338 e. The topological polar surface area (TPSA) is 179 Å². The monoisotopic (exact) mass is 850 g/mol. The summed E-state index contributed by atoms with van der Waals surface area (Å²) in [6.45, 7) is 5.39. The number of amides is 2. The molecule has 0 spiro atoms. The summed E-state index contributed by atoms with van der Waals surface area (Å²) in [5, 5.41) is 9.23. The molecule has 2 amide bonds. The van der Waals surface area contributed by atoms with Crippen molar-refractivity contribution in [3.63, 3.8) is 0 Å². The van der Waals surface area contributed by atoms with Crippen molar-refractivity contribution < 1.29 is 33.4 Å². The molecule has 0 saturated carbocycles. The number of hydrogen-bond acceptors (Lipinski definition) is 12. The fraction of sp³-hybridized carbons (Fsp3) is 0.312. The molecule has 4 heterocycles. The lowest BCUT2D eigenvalue weighted by Crippen LogP contribution is -2.46. The van der Waals surface area contributed by atoms with Crippen LogP contribution in [0.15, 0.2) is 128 Å². The van der Waals surface area contributed by atoms with Gasteiger partial charge in [0.15, 0.2) is 41.5 Å². The summed E-state index contributed by atoms with van der Waals surface area (Å²) in [7, 11) is 0. The molecule has 15 nitrogen and oxygen atoms in total. The van der Waals surface area contributed by atoms with E-state index in [0.717, 1.165) is 37.1 Å². The van der Waals surface area contributed by atoms with Crippen LogP contribution in [0.5, 0.6) is 0 Å². The number of anilines is 1. The number of likely N-dealkylation sites (N-methyl/N-ethyl adjacent to an activating group) is 1. The summed E-state index contributed by atoms with van der Waals surface area (Å²) >= 11 is 0. The van der Waals surface area contributed by atoms with E-state index in [1.165, 1.54) is 17.3 Å². The third-order valence-corrected chi connectivity index (χ3v) is 11.2.